The Morgan fingerprint density at radius 1 is 1.37 bits per heavy atom. The van der Waals surface area contributed by atoms with Gasteiger partial charge in [0, 0.05) is 17.1 Å². The van der Waals surface area contributed by atoms with E-state index in [4.69, 9.17) is 0 Å². The summed E-state index contributed by atoms with van der Waals surface area (Å²) in [6, 6.07) is 8.41. The summed E-state index contributed by atoms with van der Waals surface area (Å²) >= 11 is 3.43. The number of hydrogen-bond acceptors (Lipinski definition) is 3. The van der Waals surface area contributed by atoms with Crippen LogP contribution in [0.5, 0.6) is 0 Å². The number of nitriles is 1. The highest BCUT2D eigenvalue weighted by molar-refractivity contribution is 9.10. The second-order valence-electron chi connectivity index (χ2n) is 5.51. The second kappa shape index (κ2) is 7.52. The molecule has 0 heterocycles. The van der Waals surface area contributed by atoms with Crippen LogP contribution in [0, 0.1) is 17.2 Å². The van der Waals surface area contributed by atoms with Gasteiger partial charge in [-0.25, -0.2) is 0 Å². The SMILES string of the molecule is CC(C)CC(CN(C)C)Nc1cccc(Br)c1C#N. The number of benzene rings is 1. The molecular formula is C15H22BrN3. The van der Waals surface area contributed by atoms with E-state index in [0.717, 1.165) is 23.1 Å². The minimum atomic E-state index is 0.344. The first-order valence-electron chi connectivity index (χ1n) is 6.54. The molecule has 1 rings (SSSR count). The molecule has 0 radical (unpaired) electrons. The zero-order chi connectivity index (χ0) is 14.4. The molecule has 104 valence electrons. The first-order chi connectivity index (χ1) is 8.93. The molecule has 1 N–H and O–H groups in total. The van der Waals surface area contributed by atoms with Gasteiger partial charge in [0.05, 0.1) is 11.3 Å². The lowest BCUT2D eigenvalue weighted by Crippen LogP contribution is -2.33. The van der Waals surface area contributed by atoms with Gasteiger partial charge in [-0.15, -0.1) is 0 Å². The van der Waals surface area contributed by atoms with Gasteiger partial charge in [0.15, 0.2) is 0 Å². The first kappa shape index (κ1) is 16.0. The van der Waals surface area contributed by atoms with E-state index < -0.39 is 0 Å². The van der Waals surface area contributed by atoms with Crippen LogP contribution in [0.25, 0.3) is 0 Å². The van der Waals surface area contributed by atoms with Crippen LogP contribution >= 0.6 is 15.9 Å². The summed E-state index contributed by atoms with van der Waals surface area (Å²) in [5.74, 6) is 0.620. The molecule has 0 aliphatic heterocycles. The molecule has 0 spiro atoms. The quantitative estimate of drug-likeness (QED) is 0.867. The van der Waals surface area contributed by atoms with Crippen molar-refractivity contribution < 1.29 is 0 Å². The monoisotopic (exact) mass is 323 g/mol. The van der Waals surface area contributed by atoms with Gasteiger partial charge in [-0.2, -0.15) is 5.26 Å². The molecule has 0 saturated carbocycles. The van der Waals surface area contributed by atoms with Crippen molar-refractivity contribution in [2.45, 2.75) is 26.3 Å². The van der Waals surface area contributed by atoms with E-state index in [1.54, 1.807) is 0 Å². The molecule has 4 heteroatoms. The lowest BCUT2D eigenvalue weighted by molar-refractivity contribution is 0.356. The van der Waals surface area contributed by atoms with E-state index in [2.05, 4.69) is 60.2 Å². The van der Waals surface area contributed by atoms with E-state index in [1.807, 2.05) is 18.2 Å². The summed E-state index contributed by atoms with van der Waals surface area (Å²) in [6.07, 6.45) is 1.08. The van der Waals surface area contributed by atoms with Crippen molar-refractivity contribution in [1.82, 2.24) is 4.90 Å². The fraction of sp³-hybridized carbons (Fsp3) is 0.533. The van der Waals surface area contributed by atoms with Crippen LogP contribution in [0.2, 0.25) is 0 Å². The molecule has 1 aromatic carbocycles. The Morgan fingerprint density at radius 2 is 2.05 bits per heavy atom. The Bertz CT molecular complexity index is 439. The zero-order valence-corrected chi connectivity index (χ0v) is 13.7. The average Bonchev–Trinajstić information content (AvgIpc) is 2.27. The molecule has 0 aliphatic rings. The third kappa shape index (κ3) is 5.22. The number of halogens is 1. The van der Waals surface area contributed by atoms with Crippen molar-refractivity contribution >= 4 is 21.6 Å². The van der Waals surface area contributed by atoms with Crippen molar-refractivity contribution in [3.63, 3.8) is 0 Å². The minimum Gasteiger partial charge on any atom is -0.380 e. The lowest BCUT2D eigenvalue weighted by atomic mass is 10.0. The summed E-state index contributed by atoms with van der Waals surface area (Å²) in [5, 5.41) is 12.8. The van der Waals surface area contributed by atoms with Gasteiger partial charge in [0.1, 0.15) is 6.07 Å². The first-order valence-corrected chi connectivity index (χ1v) is 7.33. The summed E-state index contributed by atoms with van der Waals surface area (Å²) in [7, 11) is 4.14. The molecule has 0 saturated heterocycles. The molecule has 1 unspecified atom stereocenters. The van der Waals surface area contributed by atoms with Crippen molar-refractivity contribution in [1.29, 1.82) is 5.26 Å². The highest BCUT2D eigenvalue weighted by Gasteiger charge is 2.14. The molecule has 0 amide bonds. The van der Waals surface area contributed by atoms with E-state index in [1.165, 1.54) is 0 Å². The number of hydrogen-bond donors (Lipinski definition) is 1. The van der Waals surface area contributed by atoms with E-state index in [-0.39, 0.29) is 0 Å². The topological polar surface area (TPSA) is 39.1 Å². The van der Waals surface area contributed by atoms with Crippen LogP contribution in [0.3, 0.4) is 0 Å². The lowest BCUT2D eigenvalue weighted by Gasteiger charge is -2.25. The Hall–Kier alpha value is -1.05. The second-order valence-corrected chi connectivity index (χ2v) is 6.36. The number of nitrogens with one attached hydrogen (secondary N) is 1. The van der Waals surface area contributed by atoms with Gasteiger partial charge in [-0.3, -0.25) is 0 Å². The molecule has 1 aromatic rings. The van der Waals surface area contributed by atoms with E-state index >= 15 is 0 Å². The normalized spacial score (nSPS) is 12.5. The summed E-state index contributed by atoms with van der Waals surface area (Å²) < 4.78 is 0.841. The van der Waals surface area contributed by atoms with Gasteiger partial charge >= 0.3 is 0 Å². The molecule has 0 aliphatic carbocycles. The number of rotatable bonds is 6. The van der Waals surface area contributed by atoms with Crippen LogP contribution in [0.15, 0.2) is 22.7 Å². The Labute approximate surface area is 124 Å². The van der Waals surface area contributed by atoms with E-state index in [9.17, 15) is 5.26 Å². The molecule has 3 nitrogen and oxygen atoms in total. The van der Waals surface area contributed by atoms with Crippen molar-refractivity contribution in [2.75, 3.05) is 26.0 Å². The standard InChI is InChI=1S/C15H22BrN3/c1-11(2)8-12(10-19(3)4)18-15-7-5-6-14(16)13(15)9-17/h5-7,11-12,18H,8,10H2,1-4H3. The molecule has 19 heavy (non-hydrogen) atoms. The number of likely N-dealkylation sites (N-methyl/N-ethyl adjacent to an activating group) is 1. The Kier molecular flexibility index (Phi) is 6.33. The third-order valence-electron chi connectivity index (χ3n) is 2.83. The van der Waals surface area contributed by atoms with Crippen LogP contribution in [-0.4, -0.2) is 31.6 Å². The zero-order valence-electron chi connectivity index (χ0n) is 12.1. The number of anilines is 1. The summed E-state index contributed by atoms with van der Waals surface area (Å²) in [4.78, 5) is 2.17. The van der Waals surface area contributed by atoms with Crippen LogP contribution < -0.4 is 5.32 Å². The van der Waals surface area contributed by atoms with Gasteiger partial charge < -0.3 is 10.2 Å². The maximum absolute atomic E-state index is 9.25. The van der Waals surface area contributed by atoms with Gasteiger partial charge in [0.2, 0.25) is 0 Å². The van der Waals surface area contributed by atoms with Crippen molar-refractivity contribution in [2.24, 2.45) is 5.92 Å². The fourth-order valence-electron chi connectivity index (χ4n) is 2.17. The average molecular weight is 324 g/mol. The van der Waals surface area contributed by atoms with Crippen molar-refractivity contribution in [3.05, 3.63) is 28.2 Å². The van der Waals surface area contributed by atoms with Crippen LogP contribution in [-0.2, 0) is 0 Å². The molecule has 0 aromatic heterocycles. The number of nitrogens with zero attached hydrogens (tertiary/aromatic N) is 2. The summed E-state index contributed by atoms with van der Waals surface area (Å²) in [6.45, 7) is 5.39. The van der Waals surface area contributed by atoms with E-state index in [0.29, 0.717) is 17.5 Å². The third-order valence-corrected chi connectivity index (χ3v) is 3.49. The van der Waals surface area contributed by atoms with Crippen LogP contribution in [0.4, 0.5) is 5.69 Å². The largest absolute Gasteiger partial charge is 0.380 e. The smallest absolute Gasteiger partial charge is 0.103 e. The van der Waals surface area contributed by atoms with Gasteiger partial charge in [-0.05, 0) is 54.5 Å². The fourth-order valence-corrected chi connectivity index (χ4v) is 2.62. The molecule has 0 bridgehead atoms. The van der Waals surface area contributed by atoms with Gasteiger partial charge in [-0.1, -0.05) is 19.9 Å². The molecule has 0 fully saturated rings. The predicted octanol–water partition coefficient (Wildman–Crippen LogP) is 3.71. The highest BCUT2D eigenvalue weighted by atomic mass is 79.9. The molecular weight excluding hydrogens is 302 g/mol. The van der Waals surface area contributed by atoms with Gasteiger partial charge in [0.25, 0.3) is 0 Å². The maximum atomic E-state index is 9.25. The van der Waals surface area contributed by atoms with Crippen LogP contribution in [0.1, 0.15) is 25.8 Å². The Morgan fingerprint density at radius 3 is 2.58 bits per heavy atom. The maximum Gasteiger partial charge on any atom is 0.103 e. The molecule has 1 atom stereocenters. The Balaban J connectivity index is 2.90. The highest BCUT2D eigenvalue weighted by Crippen LogP contribution is 2.25. The van der Waals surface area contributed by atoms with Crippen molar-refractivity contribution in [3.8, 4) is 6.07 Å². The minimum absolute atomic E-state index is 0.344. The summed E-state index contributed by atoms with van der Waals surface area (Å²) in [5.41, 5.74) is 1.58. The predicted molar refractivity (Wildman–Crippen MR) is 84.3 cm³/mol.